The molecule has 0 atom stereocenters. The van der Waals surface area contributed by atoms with Crippen LogP contribution >= 0.6 is 11.3 Å². The first-order valence-electron chi connectivity index (χ1n) is 8.91. The smallest absolute Gasteiger partial charge is 0.244 e. The Hall–Kier alpha value is -3.51. The SMILES string of the molecule is O=C(Cn1c(-c2cscn2)nc2ccccc21)Nc1cccc2ccccc12. The lowest BCUT2D eigenvalue weighted by Gasteiger charge is -2.11. The van der Waals surface area contributed by atoms with Gasteiger partial charge in [-0.05, 0) is 23.6 Å². The Labute approximate surface area is 165 Å². The largest absolute Gasteiger partial charge is 0.324 e. The third-order valence-corrected chi connectivity index (χ3v) is 5.27. The van der Waals surface area contributed by atoms with Crippen LogP contribution in [0.15, 0.2) is 77.6 Å². The van der Waals surface area contributed by atoms with Crippen molar-refractivity contribution in [1.29, 1.82) is 0 Å². The van der Waals surface area contributed by atoms with Gasteiger partial charge in [0.1, 0.15) is 12.2 Å². The molecular weight excluding hydrogens is 368 g/mol. The van der Waals surface area contributed by atoms with E-state index in [-0.39, 0.29) is 12.5 Å². The molecule has 0 unspecified atom stereocenters. The normalized spacial score (nSPS) is 11.1. The molecule has 1 amide bonds. The molecule has 0 aliphatic rings. The zero-order valence-electron chi connectivity index (χ0n) is 14.9. The molecule has 0 aliphatic carbocycles. The summed E-state index contributed by atoms with van der Waals surface area (Å²) >= 11 is 1.51. The number of carbonyl (C=O) groups excluding carboxylic acids is 1. The number of amides is 1. The zero-order chi connectivity index (χ0) is 18.9. The molecule has 2 aromatic heterocycles. The van der Waals surface area contributed by atoms with E-state index < -0.39 is 0 Å². The van der Waals surface area contributed by atoms with Crippen LogP contribution in [0.3, 0.4) is 0 Å². The van der Waals surface area contributed by atoms with Crippen molar-refractivity contribution in [3.8, 4) is 11.5 Å². The number of nitrogens with zero attached hydrogens (tertiary/aromatic N) is 3. The van der Waals surface area contributed by atoms with E-state index in [1.54, 1.807) is 5.51 Å². The summed E-state index contributed by atoms with van der Waals surface area (Å²) < 4.78 is 1.92. The molecule has 2 heterocycles. The Kier molecular flexibility index (Phi) is 4.10. The van der Waals surface area contributed by atoms with Crippen LogP contribution in [0.25, 0.3) is 33.3 Å². The van der Waals surface area contributed by atoms with Crippen molar-refractivity contribution in [2.45, 2.75) is 6.54 Å². The van der Waals surface area contributed by atoms with Crippen molar-refractivity contribution in [2.75, 3.05) is 5.32 Å². The molecule has 6 heteroatoms. The van der Waals surface area contributed by atoms with E-state index in [2.05, 4.69) is 10.3 Å². The summed E-state index contributed by atoms with van der Waals surface area (Å²) in [5.74, 6) is 0.603. The Morgan fingerprint density at radius 3 is 2.71 bits per heavy atom. The molecule has 28 heavy (non-hydrogen) atoms. The fourth-order valence-electron chi connectivity index (χ4n) is 3.42. The van der Waals surface area contributed by atoms with Gasteiger partial charge in [-0.2, -0.15) is 0 Å². The Morgan fingerprint density at radius 2 is 1.82 bits per heavy atom. The van der Waals surface area contributed by atoms with Gasteiger partial charge < -0.3 is 9.88 Å². The highest BCUT2D eigenvalue weighted by molar-refractivity contribution is 7.07. The van der Waals surface area contributed by atoms with E-state index in [1.165, 1.54) is 11.3 Å². The number of anilines is 1. The minimum Gasteiger partial charge on any atom is -0.324 e. The van der Waals surface area contributed by atoms with E-state index in [4.69, 9.17) is 4.98 Å². The third kappa shape index (κ3) is 2.93. The van der Waals surface area contributed by atoms with Crippen LogP contribution in [0.1, 0.15) is 0 Å². The van der Waals surface area contributed by atoms with Crippen molar-refractivity contribution < 1.29 is 4.79 Å². The maximum Gasteiger partial charge on any atom is 0.244 e. The second kappa shape index (κ2) is 6.90. The van der Waals surface area contributed by atoms with Crippen LogP contribution in [0.2, 0.25) is 0 Å². The van der Waals surface area contributed by atoms with Gasteiger partial charge in [0, 0.05) is 16.5 Å². The number of hydrogen-bond acceptors (Lipinski definition) is 4. The first kappa shape index (κ1) is 16.6. The third-order valence-electron chi connectivity index (χ3n) is 4.68. The summed E-state index contributed by atoms with van der Waals surface area (Å²) in [6, 6.07) is 21.7. The summed E-state index contributed by atoms with van der Waals surface area (Å²) in [7, 11) is 0. The summed E-state index contributed by atoms with van der Waals surface area (Å²) in [5.41, 5.74) is 5.12. The van der Waals surface area contributed by atoms with Crippen LogP contribution in [0.5, 0.6) is 0 Å². The quantitative estimate of drug-likeness (QED) is 0.477. The van der Waals surface area contributed by atoms with Crippen LogP contribution in [0.4, 0.5) is 5.69 Å². The molecule has 0 fully saturated rings. The van der Waals surface area contributed by atoms with Crippen molar-refractivity contribution in [3.05, 3.63) is 77.6 Å². The van der Waals surface area contributed by atoms with Crippen molar-refractivity contribution >= 4 is 44.7 Å². The summed E-state index contributed by atoms with van der Waals surface area (Å²) in [4.78, 5) is 22.0. The maximum atomic E-state index is 12.9. The van der Waals surface area contributed by atoms with Crippen LogP contribution in [-0.2, 0) is 11.3 Å². The Morgan fingerprint density at radius 1 is 1.00 bits per heavy atom. The molecule has 0 saturated heterocycles. The van der Waals surface area contributed by atoms with Crippen LogP contribution in [0, 0.1) is 0 Å². The summed E-state index contributed by atoms with van der Waals surface area (Å²) in [5, 5.41) is 7.12. The highest BCUT2D eigenvalue weighted by Gasteiger charge is 2.16. The van der Waals surface area contributed by atoms with Crippen molar-refractivity contribution in [2.24, 2.45) is 0 Å². The highest BCUT2D eigenvalue weighted by Crippen LogP contribution is 2.26. The Balaban J connectivity index is 1.51. The molecule has 0 spiro atoms. The minimum atomic E-state index is -0.101. The first-order valence-corrected chi connectivity index (χ1v) is 9.85. The predicted molar refractivity (Wildman–Crippen MR) is 113 cm³/mol. The van der Waals surface area contributed by atoms with Gasteiger partial charge >= 0.3 is 0 Å². The van der Waals surface area contributed by atoms with E-state index in [9.17, 15) is 4.79 Å². The van der Waals surface area contributed by atoms with Crippen molar-refractivity contribution in [3.63, 3.8) is 0 Å². The van der Waals surface area contributed by atoms with Gasteiger partial charge in [0.05, 0.1) is 16.5 Å². The van der Waals surface area contributed by atoms with Gasteiger partial charge in [0.25, 0.3) is 0 Å². The number of thiazole rings is 1. The number of hydrogen-bond donors (Lipinski definition) is 1. The standard InChI is InChI=1S/C22H16N4OS/c27-21(24-17-10-5-7-15-6-1-2-8-16(15)17)12-26-20-11-4-3-9-18(20)25-22(26)19-13-28-14-23-19/h1-11,13-14H,12H2,(H,24,27). The molecule has 1 N–H and O–H groups in total. The summed E-state index contributed by atoms with van der Waals surface area (Å²) in [6.07, 6.45) is 0. The fraction of sp³-hybridized carbons (Fsp3) is 0.0455. The summed E-state index contributed by atoms with van der Waals surface area (Å²) in [6.45, 7) is 0.163. The van der Waals surface area contributed by atoms with Gasteiger partial charge in [-0.1, -0.05) is 48.5 Å². The number of para-hydroxylation sites is 2. The zero-order valence-corrected chi connectivity index (χ0v) is 15.7. The second-order valence-corrected chi connectivity index (χ2v) is 7.18. The van der Waals surface area contributed by atoms with Crippen LogP contribution in [-0.4, -0.2) is 20.4 Å². The minimum absolute atomic E-state index is 0.101. The van der Waals surface area contributed by atoms with E-state index in [0.717, 1.165) is 33.2 Å². The number of nitrogens with one attached hydrogen (secondary N) is 1. The average molecular weight is 384 g/mol. The number of rotatable bonds is 4. The lowest BCUT2D eigenvalue weighted by Crippen LogP contribution is -2.19. The molecule has 136 valence electrons. The fourth-order valence-corrected chi connectivity index (χ4v) is 3.95. The van der Waals surface area contributed by atoms with E-state index >= 15 is 0 Å². The molecule has 0 saturated carbocycles. The van der Waals surface area contributed by atoms with E-state index in [0.29, 0.717) is 5.82 Å². The lowest BCUT2D eigenvalue weighted by molar-refractivity contribution is -0.116. The van der Waals surface area contributed by atoms with Gasteiger partial charge in [-0.15, -0.1) is 11.3 Å². The topological polar surface area (TPSA) is 59.8 Å². The average Bonchev–Trinajstić information content (AvgIpc) is 3.37. The molecule has 0 bridgehead atoms. The molecule has 0 radical (unpaired) electrons. The molecule has 5 aromatic rings. The number of aromatic nitrogens is 3. The number of carbonyl (C=O) groups is 1. The Bertz CT molecular complexity index is 1290. The van der Waals surface area contributed by atoms with Gasteiger partial charge in [0.15, 0.2) is 5.82 Å². The lowest BCUT2D eigenvalue weighted by atomic mass is 10.1. The molecule has 3 aromatic carbocycles. The van der Waals surface area contributed by atoms with Gasteiger partial charge in [-0.3, -0.25) is 4.79 Å². The van der Waals surface area contributed by atoms with Crippen molar-refractivity contribution in [1.82, 2.24) is 14.5 Å². The molecular formula is C22H16N4OS. The number of fused-ring (bicyclic) bond motifs is 2. The molecule has 0 aliphatic heterocycles. The molecule has 5 nitrogen and oxygen atoms in total. The number of benzene rings is 3. The second-order valence-electron chi connectivity index (χ2n) is 6.46. The molecule has 5 rings (SSSR count). The number of imidazole rings is 1. The van der Waals surface area contributed by atoms with E-state index in [1.807, 2.05) is 76.7 Å². The predicted octanol–water partition coefficient (Wildman–Crippen LogP) is 4.95. The van der Waals surface area contributed by atoms with Gasteiger partial charge in [-0.25, -0.2) is 9.97 Å². The maximum absolute atomic E-state index is 12.9. The highest BCUT2D eigenvalue weighted by atomic mass is 32.1. The monoisotopic (exact) mass is 384 g/mol. The first-order chi connectivity index (χ1) is 13.8. The van der Waals surface area contributed by atoms with Gasteiger partial charge in [0.2, 0.25) is 5.91 Å². The van der Waals surface area contributed by atoms with Crippen LogP contribution < -0.4 is 5.32 Å².